The third-order valence-corrected chi connectivity index (χ3v) is 4.67. The van der Waals surface area contributed by atoms with Crippen LogP contribution in [0, 0.1) is 0 Å². The maximum absolute atomic E-state index is 12.6. The van der Waals surface area contributed by atoms with E-state index < -0.39 is 0 Å². The van der Waals surface area contributed by atoms with Crippen LogP contribution in [0.3, 0.4) is 0 Å². The van der Waals surface area contributed by atoms with Gasteiger partial charge in [-0.2, -0.15) is 0 Å². The fourth-order valence-corrected chi connectivity index (χ4v) is 3.25. The molecule has 2 aromatic carbocycles. The molecule has 0 saturated heterocycles. The van der Waals surface area contributed by atoms with Crippen LogP contribution in [0.2, 0.25) is 0 Å². The lowest BCUT2D eigenvalue weighted by Gasteiger charge is -2.08. The molecule has 3 aromatic heterocycles. The van der Waals surface area contributed by atoms with E-state index in [2.05, 4.69) is 20.3 Å². The van der Waals surface area contributed by atoms with E-state index in [9.17, 15) is 9.59 Å². The Morgan fingerprint density at radius 3 is 2.83 bits per heavy atom. The molecule has 8 nitrogen and oxygen atoms in total. The number of imidazole rings is 2. The average Bonchev–Trinajstić information content (AvgIpc) is 3.34. The Balaban J connectivity index is 1.29. The fraction of sp³-hybridized carbons (Fsp3) is 0.0455. The summed E-state index contributed by atoms with van der Waals surface area (Å²) in [5.41, 5.74) is 3.71. The molecule has 1 amide bonds. The van der Waals surface area contributed by atoms with Gasteiger partial charge in [0.05, 0.1) is 16.7 Å². The van der Waals surface area contributed by atoms with Crippen LogP contribution in [0.5, 0.6) is 5.75 Å². The van der Waals surface area contributed by atoms with Gasteiger partial charge in [0.25, 0.3) is 5.91 Å². The van der Waals surface area contributed by atoms with Crippen molar-refractivity contribution in [3.05, 3.63) is 94.8 Å². The largest absolute Gasteiger partial charge is 0.487 e. The summed E-state index contributed by atoms with van der Waals surface area (Å²) in [6, 6.07) is 17.9. The van der Waals surface area contributed by atoms with E-state index in [0.717, 1.165) is 11.3 Å². The van der Waals surface area contributed by atoms with Gasteiger partial charge in [-0.05, 0) is 48.5 Å². The SMILES string of the molecule is O=C(Nc1ccc2[nH]c(=O)[nH]c2c1)c1cccc(OCc2cn3ccccc3n2)c1. The number of hydrogen-bond donors (Lipinski definition) is 3. The van der Waals surface area contributed by atoms with Crippen molar-refractivity contribution in [2.24, 2.45) is 0 Å². The van der Waals surface area contributed by atoms with Crippen LogP contribution in [0.25, 0.3) is 16.7 Å². The molecule has 0 saturated carbocycles. The third-order valence-electron chi connectivity index (χ3n) is 4.67. The molecule has 0 aliphatic heterocycles. The van der Waals surface area contributed by atoms with E-state index in [1.807, 2.05) is 35.0 Å². The molecule has 0 unspecified atom stereocenters. The van der Waals surface area contributed by atoms with Crippen LogP contribution >= 0.6 is 0 Å². The lowest BCUT2D eigenvalue weighted by molar-refractivity contribution is 0.102. The molecule has 0 aliphatic rings. The zero-order valence-electron chi connectivity index (χ0n) is 15.8. The number of pyridine rings is 1. The van der Waals surface area contributed by atoms with Gasteiger partial charge in [-0.1, -0.05) is 12.1 Å². The Bertz CT molecular complexity index is 1400. The Morgan fingerprint density at radius 2 is 1.93 bits per heavy atom. The lowest BCUT2D eigenvalue weighted by atomic mass is 10.2. The third kappa shape index (κ3) is 3.53. The zero-order valence-corrected chi connectivity index (χ0v) is 15.8. The first-order valence-electron chi connectivity index (χ1n) is 9.33. The first-order chi connectivity index (χ1) is 14.6. The molecule has 0 spiro atoms. The molecule has 5 aromatic rings. The van der Waals surface area contributed by atoms with Crippen LogP contribution in [0.1, 0.15) is 16.1 Å². The van der Waals surface area contributed by atoms with Gasteiger partial charge < -0.3 is 24.4 Å². The van der Waals surface area contributed by atoms with E-state index in [-0.39, 0.29) is 11.6 Å². The highest BCUT2D eigenvalue weighted by Gasteiger charge is 2.09. The summed E-state index contributed by atoms with van der Waals surface area (Å²) in [6.45, 7) is 0.296. The number of fused-ring (bicyclic) bond motifs is 2. The summed E-state index contributed by atoms with van der Waals surface area (Å²) in [6.07, 6.45) is 3.84. The normalized spacial score (nSPS) is 11.1. The van der Waals surface area contributed by atoms with Crippen molar-refractivity contribution >= 4 is 28.3 Å². The number of nitrogens with zero attached hydrogens (tertiary/aromatic N) is 2. The number of carbonyl (C=O) groups is 1. The second-order valence-corrected chi connectivity index (χ2v) is 6.81. The minimum absolute atomic E-state index is 0.273. The molecule has 148 valence electrons. The van der Waals surface area contributed by atoms with Gasteiger partial charge in [0, 0.05) is 23.6 Å². The van der Waals surface area contributed by atoms with Gasteiger partial charge >= 0.3 is 5.69 Å². The average molecular weight is 399 g/mol. The van der Waals surface area contributed by atoms with Crippen LogP contribution in [0.4, 0.5) is 5.69 Å². The number of anilines is 1. The highest BCUT2D eigenvalue weighted by Crippen LogP contribution is 2.19. The number of ether oxygens (including phenoxy) is 1. The molecule has 0 atom stereocenters. The number of rotatable bonds is 5. The van der Waals surface area contributed by atoms with E-state index in [1.54, 1.807) is 42.5 Å². The van der Waals surface area contributed by atoms with Gasteiger partial charge in [0.2, 0.25) is 0 Å². The lowest BCUT2D eigenvalue weighted by Crippen LogP contribution is -2.12. The first-order valence-corrected chi connectivity index (χ1v) is 9.33. The molecule has 30 heavy (non-hydrogen) atoms. The number of aromatic amines is 2. The van der Waals surface area contributed by atoms with E-state index >= 15 is 0 Å². The van der Waals surface area contributed by atoms with Gasteiger partial charge in [0.15, 0.2) is 0 Å². The van der Waals surface area contributed by atoms with E-state index in [0.29, 0.717) is 34.6 Å². The van der Waals surface area contributed by atoms with Crippen molar-refractivity contribution in [3.63, 3.8) is 0 Å². The highest BCUT2D eigenvalue weighted by molar-refractivity contribution is 6.05. The molecule has 0 fully saturated rings. The van der Waals surface area contributed by atoms with Crippen molar-refractivity contribution in [2.45, 2.75) is 6.61 Å². The van der Waals surface area contributed by atoms with Crippen molar-refractivity contribution < 1.29 is 9.53 Å². The van der Waals surface area contributed by atoms with Crippen LogP contribution in [-0.4, -0.2) is 25.3 Å². The Morgan fingerprint density at radius 1 is 1.03 bits per heavy atom. The van der Waals surface area contributed by atoms with Crippen molar-refractivity contribution in [3.8, 4) is 5.75 Å². The standard InChI is InChI=1S/C22H17N5O3/c28-21(24-15-7-8-18-19(11-15)26-22(29)25-18)14-4-3-5-17(10-14)30-13-16-12-27-9-2-1-6-20(27)23-16/h1-12H,13H2,(H,24,28)(H2,25,26,29). The Labute approximate surface area is 170 Å². The maximum Gasteiger partial charge on any atom is 0.323 e. The summed E-state index contributed by atoms with van der Waals surface area (Å²) >= 11 is 0. The minimum Gasteiger partial charge on any atom is -0.487 e. The molecule has 5 rings (SSSR count). The molecule has 3 N–H and O–H groups in total. The second kappa shape index (κ2) is 7.25. The predicted octanol–water partition coefficient (Wildman–Crippen LogP) is 3.34. The zero-order chi connectivity index (χ0) is 20.5. The molecular weight excluding hydrogens is 382 g/mol. The number of hydrogen-bond acceptors (Lipinski definition) is 4. The van der Waals surface area contributed by atoms with Crippen LogP contribution in [-0.2, 0) is 6.61 Å². The second-order valence-electron chi connectivity index (χ2n) is 6.81. The first kappa shape index (κ1) is 17.7. The minimum atomic E-state index is -0.288. The highest BCUT2D eigenvalue weighted by atomic mass is 16.5. The predicted molar refractivity (Wildman–Crippen MR) is 113 cm³/mol. The molecule has 0 bridgehead atoms. The number of benzene rings is 2. The number of nitrogens with one attached hydrogen (secondary N) is 3. The van der Waals surface area contributed by atoms with E-state index in [1.165, 1.54) is 0 Å². The molecule has 3 heterocycles. The monoisotopic (exact) mass is 399 g/mol. The molecule has 0 aliphatic carbocycles. The summed E-state index contributed by atoms with van der Waals surface area (Å²) < 4.78 is 7.75. The van der Waals surface area contributed by atoms with Crippen LogP contribution in [0.15, 0.2) is 77.9 Å². The smallest absolute Gasteiger partial charge is 0.323 e. The number of H-pyrrole nitrogens is 2. The summed E-state index contributed by atoms with van der Waals surface area (Å²) in [4.78, 5) is 33.9. The number of carbonyl (C=O) groups excluding carboxylic acids is 1. The van der Waals surface area contributed by atoms with Crippen molar-refractivity contribution in [1.29, 1.82) is 0 Å². The molecule has 8 heteroatoms. The summed E-state index contributed by atoms with van der Waals surface area (Å²) in [7, 11) is 0. The van der Waals surface area contributed by atoms with Crippen molar-refractivity contribution in [2.75, 3.05) is 5.32 Å². The Kier molecular flexibility index (Phi) is 4.29. The van der Waals surface area contributed by atoms with Gasteiger partial charge in [-0.15, -0.1) is 0 Å². The topological polar surface area (TPSA) is 104 Å². The maximum atomic E-state index is 12.6. The van der Waals surface area contributed by atoms with E-state index in [4.69, 9.17) is 4.74 Å². The molecule has 0 radical (unpaired) electrons. The number of amides is 1. The van der Waals surface area contributed by atoms with Gasteiger partial charge in [-0.3, -0.25) is 4.79 Å². The van der Waals surface area contributed by atoms with Crippen molar-refractivity contribution in [1.82, 2.24) is 19.4 Å². The molecular formula is C22H17N5O3. The number of aromatic nitrogens is 4. The van der Waals surface area contributed by atoms with Crippen LogP contribution < -0.4 is 15.7 Å². The summed E-state index contributed by atoms with van der Waals surface area (Å²) in [5, 5.41) is 2.83. The van der Waals surface area contributed by atoms with Gasteiger partial charge in [-0.25, -0.2) is 9.78 Å². The summed E-state index contributed by atoms with van der Waals surface area (Å²) in [5.74, 6) is 0.301. The Hall–Kier alpha value is -4.33. The fourth-order valence-electron chi connectivity index (χ4n) is 3.25. The van der Waals surface area contributed by atoms with Gasteiger partial charge in [0.1, 0.15) is 18.0 Å². The quantitative estimate of drug-likeness (QED) is 0.422.